The zero-order valence-corrected chi connectivity index (χ0v) is 16.8. The highest BCUT2D eigenvalue weighted by atomic mass is 127. The lowest BCUT2D eigenvalue weighted by Gasteiger charge is -2.29. The van der Waals surface area contributed by atoms with Gasteiger partial charge in [-0.25, -0.2) is 9.59 Å². The van der Waals surface area contributed by atoms with Crippen LogP contribution in [0.2, 0.25) is 0 Å². The molecule has 0 N–H and O–H groups in total. The topological polar surface area (TPSA) is 71.1 Å². The molecule has 136 valence electrons. The van der Waals surface area contributed by atoms with Crippen molar-refractivity contribution in [2.45, 2.75) is 39.9 Å². The fourth-order valence-corrected chi connectivity index (χ4v) is 3.00. The Morgan fingerprint density at radius 1 is 1.12 bits per heavy atom. The predicted octanol–water partition coefficient (Wildman–Crippen LogP) is 3.70. The summed E-state index contributed by atoms with van der Waals surface area (Å²) in [5, 5.41) is 0. The molecule has 1 aliphatic heterocycles. The molecule has 0 radical (unpaired) electrons. The van der Waals surface area contributed by atoms with E-state index in [9.17, 15) is 9.59 Å². The highest BCUT2D eigenvalue weighted by Crippen LogP contribution is 2.35. The van der Waals surface area contributed by atoms with E-state index in [1.807, 2.05) is 13.8 Å². The Labute approximate surface area is 160 Å². The Morgan fingerprint density at radius 2 is 1.76 bits per heavy atom. The lowest BCUT2D eigenvalue weighted by atomic mass is 10.1. The van der Waals surface area contributed by atoms with Crippen molar-refractivity contribution in [1.82, 2.24) is 0 Å². The maximum atomic E-state index is 12.1. The average molecular weight is 460 g/mol. The average Bonchev–Trinajstić information content (AvgIpc) is 2.49. The van der Waals surface area contributed by atoms with Crippen molar-refractivity contribution < 1.29 is 28.5 Å². The van der Waals surface area contributed by atoms with Crippen molar-refractivity contribution in [1.29, 1.82) is 0 Å². The molecule has 2 rings (SSSR count). The molecular formula is C18H21IO6. The fraction of sp³-hybridized carbons (Fsp3) is 0.444. The summed E-state index contributed by atoms with van der Waals surface area (Å²) in [5.41, 5.74) is 0.472. The van der Waals surface area contributed by atoms with E-state index in [0.717, 1.165) is 9.99 Å². The molecule has 1 heterocycles. The summed E-state index contributed by atoms with van der Waals surface area (Å²) in [4.78, 5) is 24.2. The summed E-state index contributed by atoms with van der Waals surface area (Å²) >= 11 is 2.13. The van der Waals surface area contributed by atoms with Crippen LogP contribution in [0.25, 0.3) is 6.08 Å². The van der Waals surface area contributed by atoms with Gasteiger partial charge in [0.05, 0.1) is 16.8 Å². The molecule has 0 bridgehead atoms. The molecular weight excluding hydrogens is 439 g/mol. The second-order valence-electron chi connectivity index (χ2n) is 5.85. The van der Waals surface area contributed by atoms with E-state index in [-0.39, 0.29) is 5.57 Å². The van der Waals surface area contributed by atoms with E-state index < -0.39 is 17.7 Å². The summed E-state index contributed by atoms with van der Waals surface area (Å²) in [6.45, 7) is 7.96. The molecule has 1 saturated heterocycles. The van der Waals surface area contributed by atoms with E-state index in [4.69, 9.17) is 18.9 Å². The minimum atomic E-state index is -1.26. The van der Waals surface area contributed by atoms with Crippen molar-refractivity contribution in [3.63, 3.8) is 0 Å². The van der Waals surface area contributed by atoms with Gasteiger partial charge in [-0.3, -0.25) is 0 Å². The number of benzene rings is 1. The standard InChI is InChI=1S/C18H21IO6/c1-5-7-23-15-13(19)9-11(10-14(15)22-6-2)8-12-16(20)24-18(3,4)25-17(12)21/h8-10H,5-7H2,1-4H3. The normalized spacial score (nSPS) is 16.1. The molecule has 0 aromatic heterocycles. The first kappa shape index (κ1) is 19.6. The fourth-order valence-electron chi connectivity index (χ4n) is 2.22. The number of hydrogen-bond donors (Lipinski definition) is 0. The molecule has 0 atom stereocenters. The van der Waals surface area contributed by atoms with Crippen LogP contribution in [0.3, 0.4) is 0 Å². The van der Waals surface area contributed by atoms with Gasteiger partial charge in [-0.1, -0.05) is 6.92 Å². The van der Waals surface area contributed by atoms with Crippen molar-refractivity contribution in [2.24, 2.45) is 0 Å². The molecule has 1 aliphatic rings. The summed E-state index contributed by atoms with van der Waals surface area (Å²) in [6, 6.07) is 3.53. The highest BCUT2D eigenvalue weighted by Gasteiger charge is 2.38. The van der Waals surface area contributed by atoms with Crippen molar-refractivity contribution in [2.75, 3.05) is 13.2 Å². The van der Waals surface area contributed by atoms with E-state index in [0.29, 0.717) is 30.3 Å². The third-order valence-corrected chi connectivity index (χ3v) is 4.01. The second-order valence-corrected chi connectivity index (χ2v) is 7.01. The SMILES string of the molecule is CCCOc1c(I)cc(C=C2C(=O)OC(C)(C)OC2=O)cc1OCC. The molecule has 1 fully saturated rings. The van der Waals surface area contributed by atoms with Gasteiger partial charge in [0.25, 0.3) is 5.79 Å². The number of halogens is 1. The predicted molar refractivity (Wildman–Crippen MR) is 100 cm³/mol. The van der Waals surface area contributed by atoms with Crippen LogP contribution >= 0.6 is 22.6 Å². The van der Waals surface area contributed by atoms with Crippen molar-refractivity contribution in [3.8, 4) is 11.5 Å². The molecule has 1 aromatic rings. The van der Waals surface area contributed by atoms with E-state index >= 15 is 0 Å². The van der Waals surface area contributed by atoms with Crippen LogP contribution in [-0.4, -0.2) is 30.9 Å². The lowest BCUT2D eigenvalue weighted by molar-refractivity contribution is -0.222. The maximum Gasteiger partial charge on any atom is 0.348 e. The Hall–Kier alpha value is -1.77. The first-order valence-corrected chi connectivity index (χ1v) is 9.12. The first-order chi connectivity index (χ1) is 11.8. The number of ether oxygens (including phenoxy) is 4. The third kappa shape index (κ3) is 4.87. The third-order valence-electron chi connectivity index (χ3n) is 3.21. The Bertz CT molecular complexity index is 686. The monoisotopic (exact) mass is 460 g/mol. The summed E-state index contributed by atoms with van der Waals surface area (Å²) in [7, 11) is 0. The number of carbonyl (C=O) groups excluding carboxylic acids is 2. The molecule has 1 aromatic carbocycles. The number of esters is 2. The summed E-state index contributed by atoms with van der Waals surface area (Å²) in [5.74, 6) is -1.45. The molecule has 6 nitrogen and oxygen atoms in total. The van der Waals surface area contributed by atoms with Crippen LogP contribution in [0.5, 0.6) is 11.5 Å². The van der Waals surface area contributed by atoms with Crippen LogP contribution in [-0.2, 0) is 19.1 Å². The van der Waals surface area contributed by atoms with Gasteiger partial charge in [0.15, 0.2) is 11.5 Å². The molecule has 0 aliphatic carbocycles. The maximum absolute atomic E-state index is 12.1. The number of carbonyl (C=O) groups is 2. The minimum Gasteiger partial charge on any atom is -0.490 e. The van der Waals surface area contributed by atoms with Crippen molar-refractivity contribution in [3.05, 3.63) is 26.8 Å². The Balaban J connectivity index is 2.39. The van der Waals surface area contributed by atoms with Gasteiger partial charge < -0.3 is 18.9 Å². The van der Waals surface area contributed by atoms with Crippen LogP contribution in [0.1, 0.15) is 39.7 Å². The molecule has 7 heteroatoms. The molecule has 0 amide bonds. The second kappa shape index (κ2) is 8.07. The van der Waals surface area contributed by atoms with E-state index in [2.05, 4.69) is 22.6 Å². The lowest BCUT2D eigenvalue weighted by Crippen LogP contribution is -2.41. The van der Waals surface area contributed by atoms with E-state index in [1.54, 1.807) is 12.1 Å². The number of rotatable bonds is 6. The quantitative estimate of drug-likeness (QED) is 0.279. The minimum absolute atomic E-state index is 0.153. The van der Waals surface area contributed by atoms with Gasteiger partial charge in [-0.15, -0.1) is 0 Å². The highest BCUT2D eigenvalue weighted by molar-refractivity contribution is 14.1. The zero-order valence-electron chi connectivity index (χ0n) is 14.7. The molecule has 0 spiro atoms. The van der Waals surface area contributed by atoms with E-state index in [1.165, 1.54) is 19.9 Å². The van der Waals surface area contributed by atoms with Gasteiger partial charge in [0.1, 0.15) is 5.57 Å². The zero-order chi connectivity index (χ0) is 18.6. The summed E-state index contributed by atoms with van der Waals surface area (Å²) < 4.78 is 22.4. The van der Waals surface area contributed by atoms with Gasteiger partial charge in [0, 0.05) is 13.8 Å². The first-order valence-electron chi connectivity index (χ1n) is 8.05. The largest absolute Gasteiger partial charge is 0.490 e. The van der Waals surface area contributed by atoms with Crippen LogP contribution in [0.4, 0.5) is 0 Å². The number of cyclic esters (lactones) is 2. The van der Waals surface area contributed by atoms with Crippen LogP contribution in [0.15, 0.2) is 17.7 Å². The Morgan fingerprint density at radius 3 is 2.32 bits per heavy atom. The number of hydrogen-bond acceptors (Lipinski definition) is 6. The van der Waals surface area contributed by atoms with Crippen LogP contribution < -0.4 is 9.47 Å². The molecule has 0 saturated carbocycles. The van der Waals surface area contributed by atoms with Crippen LogP contribution in [0, 0.1) is 3.57 Å². The molecule has 0 unspecified atom stereocenters. The van der Waals surface area contributed by atoms with Gasteiger partial charge in [0.2, 0.25) is 0 Å². The van der Waals surface area contributed by atoms with Gasteiger partial charge in [-0.2, -0.15) is 0 Å². The summed E-state index contributed by atoms with van der Waals surface area (Å²) in [6.07, 6.45) is 2.31. The Kier molecular flexibility index (Phi) is 6.31. The smallest absolute Gasteiger partial charge is 0.348 e. The van der Waals surface area contributed by atoms with Crippen molar-refractivity contribution >= 4 is 40.6 Å². The molecule has 25 heavy (non-hydrogen) atoms. The van der Waals surface area contributed by atoms with Gasteiger partial charge in [-0.05, 0) is 59.7 Å². The van der Waals surface area contributed by atoms with Gasteiger partial charge >= 0.3 is 11.9 Å².